The number of nitrogens with zero attached hydrogens (tertiary/aromatic N) is 1. The average molecular weight is 250 g/mol. The zero-order valence-corrected chi connectivity index (χ0v) is 11.7. The summed E-state index contributed by atoms with van der Waals surface area (Å²) >= 11 is 0. The van der Waals surface area contributed by atoms with Crippen molar-refractivity contribution in [2.24, 2.45) is 11.8 Å². The van der Waals surface area contributed by atoms with E-state index < -0.39 is 0 Å². The van der Waals surface area contributed by atoms with Crippen molar-refractivity contribution >= 4 is 5.91 Å². The number of hydrogen-bond acceptors (Lipinski definition) is 2. The predicted molar refractivity (Wildman–Crippen MR) is 72.0 cm³/mol. The van der Waals surface area contributed by atoms with Crippen LogP contribution < -0.4 is 5.32 Å². The molecule has 0 aromatic heterocycles. The number of carbonyl (C=O) groups excluding carboxylic acids is 1. The van der Waals surface area contributed by atoms with E-state index >= 15 is 0 Å². The molecule has 0 spiro atoms. The zero-order valence-electron chi connectivity index (χ0n) is 11.7. The lowest BCUT2D eigenvalue weighted by Gasteiger charge is -2.35. The first kappa shape index (κ1) is 12.5. The molecule has 3 nitrogen and oxygen atoms in total. The molecule has 5 unspecified atom stereocenters. The number of carbonyl (C=O) groups is 1. The molecule has 2 aliphatic carbocycles. The second-order valence-electron chi connectivity index (χ2n) is 6.42. The summed E-state index contributed by atoms with van der Waals surface area (Å²) in [6, 6.07) is 0.637. The quantitative estimate of drug-likeness (QED) is 0.831. The van der Waals surface area contributed by atoms with Gasteiger partial charge in [0.15, 0.2) is 0 Å². The van der Waals surface area contributed by atoms with Gasteiger partial charge in [-0.2, -0.15) is 0 Å². The van der Waals surface area contributed by atoms with Crippen molar-refractivity contribution in [1.82, 2.24) is 10.2 Å². The SMILES string of the molecule is CCCC1NC(CC)C(=O)N1C1CC2CCC1C2. The molecule has 2 saturated carbocycles. The van der Waals surface area contributed by atoms with Crippen LogP contribution in [0.3, 0.4) is 0 Å². The van der Waals surface area contributed by atoms with Crippen LogP contribution in [0.4, 0.5) is 0 Å². The molecule has 18 heavy (non-hydrogen) atoms. The Bertz CT molecular complexity index is 330. The number of fused-ring (bicyclic) bond motifs is 2. The summed E-state index contributed by atoms with van der Waals surface area (Å²) in [4.78, 5) is 14.8. The first-order chi connectivity index (χ1) is 8.74. The second kappa shape index (κ2) is 4.84. The van der Waals surface area contributed by atoms with E-state index in [-0.39, 0.29) is 6.04 Å². The monoisotopic (exact) mass is 250 g/mol. The number of hydrogen-bond donors (Lipinski definition) is 1. The maximum atomic E-state index is 12.5. The highest BCUT2D eigenvalue weighted by atomic mass is 16.2. The van der Waals surface area contributed by atoms with E-state index in [2.05, 4.69) is 24.1 Å². The van der Waals surface area contributed by atoms with E-state index in [0.29, 0.717) is 18.1 Å². The topological polar surface area (TPSA) is 32.3 Å². The lowest BCUT2D eigenvalue weighted by molar-refractivity contribution is -0.133. The zero-order chi connectivity index (χ0) is 12.7. The van der Waals surface area contributed by atoms with Crippen LogP contribution in [-0.4, -0.2) is 29.1 Å². The molecule has 1 heterocycles. The van der Waals surface area contributed by atoms with Gasteiger partial charge >= 0.3 is 0 Å². The molecule has 5 atom stereocenters. The Morgan fingerprint density at radius 1 is 1.28 bits per heavy atom. The van der Waals surface area contributed by atoms with Crippen molar-refractivity contribution in [2.45, 2.75) is 77.0 Å². The number of rotatable bonds is 4. The predicted octanol–water partition coefficient (Wildman–Crippen LogP) is 2.51. The molecule has 3 aliphatic rings. The second-order valence-corrected chi connectivity index (χ2v) is 6.42. The lowest BCUT2D eigenvalue weighted by Crippen LogP contribution is -2.47. The molecule has 0 radical (unpaired) electrons. The standard InChI is InChI=1S/C15H26N2O/c1-3-5-14-16-12(4-2)15(18)17(14)13-9-10-6-7-11(13)8-10/h10-14,16H,3-9H2,1-2H3. The Balaban J connectivity index is 1.77. The molecule has 3 rings (SSSR count). The third kappa shape index (κ3) is 1.87. The summed E-state index contributed by atoms with van der Waals surface area (Å²) in [7, 11) is 0. The maximum absolute atomic E-state index is 12.5. The third-order valence-corrected chi connectivity index (χ3v) is 5.31. The highest BCUT2D eigenvalue weighted by Crippen LogP contribution is 2.47. The summed E-state index contributed by atoms with van der Waals surface area (Å²) in [5.74, 6) is 2.10. The highest BCUT2D eigenvalue weighted by molar-refractivity contribution is 5.84. The highest BCUT2D eigenvalue weighted by Gasteiger charge is 2.49. The van der Waals surface area contributed by atoms with Gasteiger partial charge in [0.2, 0.25) is 5.91 Å². The summed E-state index contributed by atoms with van der Waals surface area (Å²) < 4.78 is 0. The molecule has 3 fully saturated rings. The van der Waals surface area contributed by atoms with Crippen LogP contribution in [0.25, 0.3) is 0 Å². The summed E-state index contributed by atoms with van der Waals surface area (Å²) in [5, 5.41) is 3.55. The minimum atomic E-state index is 0.0840. The summed E-state index contributed by atoms with van der Waals surface area (Å²) in [6.45, 7) is 4.33. The van der Waals surface area contributed by atoms with Crippen LogP contribution in [0, 0.1) is 11.8 Å². The van der Waals surface area contributed by atoms with Gasteiger partial charge in [-0.3, -0.25) is 10.1 Å². The van der Waals surface area contributed by atoms with Gasteiger partial charge in [0, 0.05) is 6.04 Å². The fraction of sp³-hybridized carbons (Fsp3) is 0.933. The Kier molecular flexibility index (Phi) is 3.35. The van der Waals surface area contributed by atoms with Crippen LogP contribution in [0.1, 0.15) is 58.8 Å². The van der Waals surface area contributed by atoms with Gasteiger partial charge in [-0.15, -0.1) is 0 Å². The molecular weight excluding hydrogens is 224 g/mol. The van der Waals surface area contributed by atoms with Crippen LogP contribution in [0.5, 0.6) is 0 Å². The normalized spacial score (nSPS) is 43.1. The molecule has 1 saturated heterocycles. The van der Waals surface area contributed by atoms with Gasteiger partial charge in [-0.25, -0.2) is 0 Å². The van der Waals surface area contributed by atoms with E-state index in [1.54, 1.807) is 0 Å². The minimum Gasteiger partial charge on any atom is -0.323 e. The first-order valence-electron chi connectivity index (χ1n) is 7.82. The molecular formula is C15H26N2O. The molecule has 0 aromatic carbocycles. The van der Waals surface area contributed by atoms with Gasteiger partial charge < -0.3 is 4.90 Å². The fourth-order valence-corrected chi connectivity index (χ4v) is 4.45. The molecule has 1 amide bonds. The van der Waals surface area contributed by atoms with Gasteiger partial charge in [-0.05, 0) is 43.9 Å². The number of nitrogens with one attached hydrogen (secondary N) is 1. The van der Waals surface area contributed by atoms with E-state index in [1.807, 2.05) is 0 Å². The van der Waals surface area contributed by atoms with Gasteiger partial charge in [-0.1, -0.05) is 26.7 Å². The van der Waals surface area contributed by atoms with Crippen molar-refractivity contribution < 1.29 is 4.79 Å². The van der Waals surface area contributed by atoms with Gasteiger partial charge in [0.05, 0.1) is 12.2 Å². The smallest absolute Gasteiger partial charge is 0.241 e. The Morgan fingerprint density at radius 3 is 2.67 bits per heavy atom. The maximum Gasteiger partial charge on any atom is 0.241 e. The van der Waals surface area contributed by atoms with Crippen molar-refractivity contribution in [3.8, 4) is 0 Å². The van der Waals surface area contributed by atoms with Crippen molar-refractivity contribution in [3.63, 3.8) is 0 Å². The Hall–Kier alpha value is -0.570. The molecule has 0 aromatic rings. The van der Waals surface area contributed by atoms with Crippen LogP contribution in [0.2, 0.25) is 0 Å². The van der Waals surface area contributed by atoms with Gasteiger partial charge in [0.25, 0.3) is 0 Å². The first-order valence-corrected chi connectivity index (χ1v) is 7.82. The van der Waals surface area contributed by atoms with E-state index in [4.69, 9.17) is 0 Å². The van der Waals surface area contributed by atoms with Crippen LogP contribution in [-0.2, 0) is 4.79 Å². The Morgan fingerprint density at radius 2 is 2.11 bits per heavy atom. The van der Waals surface area contributed by atoms with E-state index in [9.17, 15) is 4.79 Å². The van der Waals surface area contributed by atoms with E-state index in [1.165, 1.54) is 25.7 Å². The molecule has 102 valence electrons. The van der Waals surface area contributed by atoms with Crippen molar-refractivity contribution in [3.05, 3.63) is 0 Å². The van der Waals surface area contributed by atoms with Crippen LogP contribution in [0.15, 0.2) is 0 Å². The molecule has 3 heteroatoms. The largest absolute Gasteiger partial charge is 0.323 e. The number of amides is 1. The average Bonchev–Trinajstić information content (AvgIpc) is 3.04. The molecule has 2 bridgehead atoms. The fourth-order valence-electron chi connectivity index (χ4n) is 4.45. The third-order valence-electron chi connectivity index (χ3n) is 5.31. The summed E-state index contributed by atoms with van der Waals surface area (Å²) in [5.41, 5.74) is 0. The van der Waals surface area contributed by atoms with Crippen molar-refractivity contribution in [2.75, 3.05) is 0 Å². The minimum absolute atomic E-state index is 0.0840. The van der Waals surface area contributed by atoms with E-state index in [0.717, 1.165) is 31.1 Å². The lowest BCUT2D eigenvalue weighted by atomic mass is 9.93. The van der Waals surface area contributed by atoms with Crippen LogP contribution >= 0.6 is 0 Å². The van der Waals surface area contributed by atoms with Gasteiger partial charge in [0.1, 0.15) is 0 Å². The summed E-state index contributed by atoms with van der Waals surface area (Å²) in [6.07, 6.45) is 8.92. The molecule has 1 aliphatic heterocycles. The Labute approximate surface area is 110 Å². The van der Waals surface area contributed by atoms with Crippen molar-refractivity contribution in [1.29, 1.82) is 0 Å². The molecule has 1 N–H and O–H groups in total.